The Labute approximate surface area is 91.1 Å². The van der Waals surface area contributed by atoms with Crippen LogP contribution in [0.4, 0.5) is 0 Å². The summed E-state index contributed by atoms with van der Waals surface area (Å²) in [6.45, 7) is 5.20. The second-order valence-corrected chi connectivity index (χ2v) is 3.68. The highest BCUT2D eigenvalue weighted by Crippen LogP contribution is 1.92. The van der Waals surface area contributed by atoms with Crippen molar-refractivity contribution in [3.63, 3.8) is 0 Å². The summed E-state index contributed by atoms with van der Waals surface area (Å²) in [5, 5.41) is 11.1. The Morgan fingerprint density at radius 1 is 1.27 bits per heavy atom. The Hall–Kier alpha value is -0.650. The van der Waals surface area contributed by atoms with Crippen LogP contribution < -0.4 is 10.8 Å². The first-order chi connectivity index (χ1) is 7.16. The predicted molar refractivity (Wildman–Crippen MR) is 57.7 cm³/mol. The molecule has 0 bridgehead atoms. The van der Waals surface area contributed by atoms with E-state index in [1.807, 2.05) is 13.8 Å². The number of hydroxylamine groups is 1. The molecule has 0 aliphatic carbocycles. The summed E-state index contributed by atoms with van der Waals surface area (Å²) in [5.74, 6) is -0.0658. The first-order valence-corrected chi connectivity index (χ1v) is 5.42. The second kappa shape index (κ2) is 9.89. The summed E-state index contributed by atoms with van der Waals surface area (Å²) in [4.78, 5) is 11.1. The minimum absolute atomic E-state index is 0.0658. The number of unbranched alkanes of at least 4 members (excludes halogenated alkanes) is 2. The third-order valence-corrected chi connectivity index (χ3v) is 1.84. The molecule has 1 amide bonds. The highest BCUT2D eigenvalue weighted by molar-refractivity contribution is 5.77. The van der Waals surface area contributed by atoms with E-state index < -0.39 is 0 Å². The van der Waals surface area contributed by atoms with Gasteiger partial charge in [-0.05, 0) is 26.7 Å². The van der Waals surface area contributed by atoms with Gasteiger partial charge in [-0.25, -0.2) is 5.48 Å². The SMILES string of the molecule is CC(C)OCC(=O)NCCCCCNO. The van der Waals surface area contributed by atoms with E-state index in [1.165, 1.54) is 0 Å². The van der Waals surface area contributed by atoms with Crippen LogP contribution in [0.2, 0.25) is 0 Å². The Morgan fingerprint density at radius 2 is 1.93 bits per heavy atom. The van der Waals surface area contributed by atoms with Crippen LogP contribution in [-0.2, 0) is 9.53 Å². The lowest BCUT2D eigenvalue weighted by Gasteiger charge is -2.08. The van der Waals surface area contributed by atoms with E-state index in [9.17, 15) is 4.79 Å². The second-order valence-electron chi connectivity index (χ2n) is 3.68. The average molecular weight is 218 g/mol. The lowest BCUT2D eigenvalue weighted by Crippen LogP contribution is -2.29. The number of hydrogen-bond donors (Lipinski definition) is 3. The molecule has 0 saturated carbocycles. The van der Waals surface area contributed by atoms with Gasteiger partial charge in [0.2, 0.25) is 5.91 Å². The molecule has 0 aromatic rings. The highest BCUT2D eigenvalue weighted by atomic mass is 16.5. The van der Waals surface area contributed by atoms with Gasteiger partial charge in [0.1, 0.15) is 6.61 Å². The quantitative estimate of drug-likeness (QED) is 0.393. The average Bonchev–Trinajstić information content (AvgIpc) is 2.20. The van der Waals surface area contributed by atoms with Gasteiger partial charge in [-0.2, -0.15) is 0 Å². The molecule has 0 radical (unpaired) electrons. The van der Waals surface area contributed by atoms with Gasteiger partial charge in [-0.15, -0.1) is 0 Å². The molecule has 15 heavy (non-hydrogen) atoms. The van der Waals surface area contributed by atoms with Gasteiger partial charge in [0.15, 0.2) is 0 Å². The number of nitrogens with one attached hydrogen (secondary N) is 2. The molecule has 0 spiro atoms. The van der Waals surface area contributed by atoms with Crippen LogP contribution in [0.15, 0.2) is 0 Å². The monoisotopic (exact) mass is 218 g/mol. The van der Waals surface area contributed by atoms with Crippen LogP contribution >= 0.6 is 0 Å². The van der Waals surface area contributed by atoms with E-state index in [2.05, 4.69) is 10.8 Å². The van der Waals surface area contributed by atoms with Crippen LogP contribution in [0.1, 0.15) is 33.1 Å². The van der Waals surface area contributed by atoms with Crippen LogP contribution in [0.25, 0.3) is 0 Å². The minimum atomic E-state index is -0.0658. The molecule has 0 heterocycles. The summed E-state index contributed by atoms with van der Waals surface area (Å²) in [6.07, 6.45) is 2.91. The fourth-order valence-corrected chi connectivity index (χ4v) is 1.03. The molecule has 0 fully saturated rings. The van der Waals surface area contributed by atoms with Gasteiger partial charge in [0.25, 0.3) is 0 Å². The molecule has 0 rings (SSSR count). The Kier molecular flexibility index (Phi) is 9.46. The van der Waals surface area contributed by atoms with Crippen molar-refractivity contribution in [1.29, 1.82) is 0 Å². The van der Waals surface area contributed by atoms with Gasteiger partial charge in [0, 0.05) is 13.1 Å². The molecule has 0 aromatic heterocycles. The summed E-state index contributed by atoms with van der Waals surface area (Å²) >= 11 is 0. The van der Waals surface area contributed by atoms with Gasteiger partial charge in [-0.3, -0.25) is 4.79 Å². The number of rotatable bonds is 9. The molecule has 5 heteroatoms. The van der Waals surface area contributed by atoms with Gasteiger partial charge < -0.3 is 15.3 Å². The topological polar surface area (TPSA) is 70.6 Å². The predicted octanol–water partition coefficient (Wildman–Crippen LogP) is 0.677. The normalized spacial score (nSPS) is 10.7. The molecular formula is C10H22N2O3. The smallest absolute Gasteiger partial charge is 0.246 e. The highest BCUT2D eigenvalue weighted by Gasteiger charge is 2.01. The Balaban J connectivity index is 3.17. The van der Waals surface area contributed by atoms with Crippen molar-refractivity contribution < 1.29 is 14.7 Å². The maximum absolute atomic E-state index is 11.1. The van der Waals surface area contributed by atoms with Crippen molar-refractivity contribution in [2.45, 2.75) is 39.2 Å². The maximum Gasteiger partial charge on any atom is 0.246 e. The molecule has 90 valence electrons. The fraction of sp³-hybridized carbons (Fsp3) is 0.900. The fourth-order valence-electron chi connectivity index (χ4n) is 1.03. The molecule has 5 nitrogen and oxygen atoms in total. The van der Waals surface area contributed by atoms with Crippen LogP contribution in [0, 0.1) is 0 Å². The number of carbonyl (C=O) groups excluding carboxylic acids is 1. The molecule has 0 aliphatic rings. The van der Waals surface area contributed by atoms with Crippen molar-refractivity contribution in [3.8, 4) is 0 Å². The van der Waals surface area contributed by atoms with Gasteiger partial charge >= 0.3 is 0 Å². The lowest BCUT2D eigenvalue weighted by molar-refractivity contribution is -0.127. The Bertz CT molecular complexity index is 163. The van der Waals surface area contributed by atoms with Gasteiger partial charge in [0.05, 0.1) is 6.10 Å². The van der Waals surface area contributed by atoms with Crippen LogP contribution in [-0.4, -0.2) is 36.9 Å². The van der Waals surface area contributed by atoms with E-state index in [4.69, 9.17) is 9.94 Å². The first kappa shape index (κ1) is 14.3. The summed E-state index contributed by atoms with van der Waals surface area (Å²) in [5.41, 5.74) is 2.09. The summed E-state index contributed by atoms with van der Waals surface area (Å²) in [7, 11) is 0. The van der Waals surface area contributed by atoms with E-state index in [0.717, 1.165) is 19.3 Å². The van der Waals surface area contributed by atoms with Crippen molar-refractivity contribution in [1.82, 2.24) is 10.8 Å². The molecular weight excluding hydrogens is 196 g/mol. The largest absolute Gasteiger partial charge is 0.369 e. The van der Waals surface area contributed by atoms with Crippen molar-refractivity contribution in [2.75, 3.05) is 19.7 Å². The van der Waals surface area contributed by atoms with Gasteiger partial charge in [-0.1, -0.05) is 6.42 Å². The van der Waals surface area contributed by atoms with Crippen LogP contribution in [0.3, 0.4) is 0 Å². The van der Waals surface area contributed by atoms with Crippen molar-refractivity contribution in [2.24, 2.45) is 0 Å². The van der Waals surface area contributed by atoms with E-state index in [1.54, 1.807) is 0 Å². The molecule has 0 atom stereocenters. The van der Waals surface area contributed by atoms with E-state index in [0.29, 0.717) is 13.1 Å². The van der Waals surface area contributed by atoms with Crippen LogP contribution in [0.5, 0.6) is 0 Å². The number of ether oxygens (including phenoxy) is 1. The zero-order chi connectivity index (χ0) is 11.5. The third-order valence-electron chi connectivity index (χ3n) is 1.84. The Morgan fingerprint density at radius 3 is 2.53 bits per heavy atom. The van der Waals surface area contributed by atoms with E-state index >= 15 is 0 Å². The lowest BCUT2D eigenvalue weighted by atomic mass is 10.2. The zero-order valence-corrected chi connectivity index (χ0v) is 9.58. The number of hydrogen-bond acceptors (Lipinski definition) is 4. The minimum Gasteiger partial charge on any atom is -0.369 e. The number of amides is 1. The standard InChI is InChI=1S/C10H22N2O3/c1-9(2)15-8-10(13)11-6-4-3-5-7-12-14/h9,12,14H,3-8H2,1-2H3,(H,11,13). The molecule has 0 unspecified atom stereocenters. The number of carbonyl (C=O) groups is 1. The summed E-state index contributed by atoms with van der Waals surface area (Å²) in [6, 6.07) is 0. The molecule has 0 aromatic carbocycles. The first-order valence-electron chi connectivity index (χ1n) is 5.42. The molecule has 0 aliphatic heterocycles. The zero-order valence-electron chi connectivity index (χ0n) is 9.58. The van der Waals surface area contributed by atoms with Crippen molar-refractivity contribution in [3.05, 3.63) is 0 Å². The molecule has 3 N–H and O–H groups in total. The third kappa shape index (κ3) is 11.3. The maximum atomic E-state index is 11.1. The van der Waals surface area contributed by atoms with E-state index in [-0.39, 0.29) is 18.6 Å². The van der Waals surface area contributed by atoms with Crippen molar-refractivity contribution >= 4 is 5.91 Å². The molecule has 0 saturated heterocycles. The summed E-state index contributed by atoms with van der Waals surface area (Å²) < 4.78 is 5.14.